The molecule has 0 saturated carbocycles. The van der Waals surface area contributed by atoms with Gasteiger partial charge in [-0.05, 0) is 100 Å². The lowest BCUT2D eigenvalue weighted by Gasteiger charge is -2.08. The summed E-state index contributed by atoms with van der Waals surface area (Å²) in [5.74, 6) is 0. The second-order valence-corrected chi connectivity index (χ2v) is 7.88. The van der Waals surface area contributed by atoms with Crippen molar-refractivity contribution in [2.24, 2.45) is 0 Å². The second kappa shape index (κ2) is 5.62. The van der Waals surface area contributed by atoms with Gasteiger partial charge in [0.1, 0.15) is 0 Å². The van der Waals surface area contributed by atoms with Crippen LogP contribution in [0.15, 0.2) is 59.3 Å². The molecule has 2 heteroatoms. The third-order valence-corrected chi connectivity index (χ3v) is 6.20. The van der Waals surface area contributed by atoms with Crippen LogP contribution in [0.2, 0.25) is 0 Å². The highest BCUT2D eigenvalue weighted by Crippen LogP contribution is 2.33. The molecule has 0 radical (unpaired) electrons. The van der Waals surface area contributed by atoms with Gasteiger partial charge in [-0.2, -0.15) is 11.3 Å². The van der Waals surface area contributed by atoms with Gasteiger partial charge in [0.05, 0.1) is 0 Å². The number of hydrogen-bond donors (Lipinski definition) is 0. The molecule has 1 heterocycles. The highest BCUT2D eigenvalue weighted by molar-refractivity contribution is 8.05. The maximum atomic E-state index is 4.25. The van der Waals surface area contributed by atoms with Crippen LogP contribution in [0.1, 0.15) is 0 Å². The summed E-state index contributed by atoms with van der Waals surface area (Å²) >= 11 is 3.49. The zero-order chi connectivity index (χ0) is 17.0. The van der Waals surface area contributed by atoms with Gasteiger partial charge in [0, 0.05) is 0 Å². The molecule has 0 saturated heterocycles. The largest absolute Gasteiger partial charge is 0.151 e. The van der Waals surface area contributed by atoms with Gasteiger partial charge in [-0.25, -0.2) is 0 Å². The van der Waals surface area contributed by atoms with Crippen LogP contribution in [0.25, 0.3) is 55.1 Å². The number of thiophene rings is 1. The smallest absolute Gasteiger partial charge is 0.00143 e. The van der Waals surface area contributed by atoms with Crippen LogP contribution < -0.4 is 10.4 Å². The molecule has 0 aliphatic heterocycles. The Morgan fingerprint density at radius 2 is 1.40 bits per heavy atom. The number of rotatable bonds is 1. The lowest BCUT2D eigenvalue weighted by Crippen LogP contribution is -2.21. The Morgan fingerprint density at radius 1 is 0.760 bits per heavy atom. The lowest BCUT2D eigenvalue weighted by molar-refractivity contribution is 1.61. The Kier molecular flexibility index (Phi) is 3.37. The third-order valence-electron chi connectivity index (χ3n) is 4.93. The molecule has 5 aromatic rings. The van der Waals surface area contributed by atoms with Crippen molar-refractivity contribution in [3.05, 3.63) is 69.7 Å². The van der Waals surface area contributed by atoms with E-state index >= 15 is 0 Å². The van der Waals surface area contributed by atoms with Crippen LogP contribution in [0, 0.1) is 0 Å². The molecule has 0 nitrogen and oxygen atoms in total. The van der Waals surface area contributed by atoms with Gasteiger partial charge in [0.2, 0.25) is 0 Å². The summed E-state index contributed by atoms with van der Waals surface area (Å²) in [6, 6.07) is 18.1. The summed E-state index contributed by atoms with van der Waals surface area (Å²) < 4.78 is 0. The summed E-state index contributed by atoms with van der Waals surface area (Å²) in [7, 11) is 0. The number of hydrogen-bond acceptors (Lipinski definition) is 2. The Hall–Kier alpha value is -2.29. The topological polar surface area (TPSA) is 0 Å². The van der Waals surface area contributed by atoms with Crippen molar-refractivity contribution in [3.8, 4) is 0 Å². The molecule has 0 fully saturated rings. The quantitative estimate of drug-likeness (QED) is 0.338. The van der Waals surface area contributed by atoms with Crippen molar-refractivity contribution in [2.75, 3.05) is 6.26 Å². The summed E-state index contributed by atoms with van der Waals surface area (Å²) in [4.78, 5) is 0. The molecule has 0 aliphatic rings. The molecule has 0 atom stereocenters. The highest BCUT2D eigenvalue weighted by atomic mass is 32.2. The second-order valence-electron chi connectivity index (χ2n) is 6.43. The first-order valence-electron chi connectivity index (χ1n) is 8.22. The first-order valence-corrected chi connectivity index (χ1v) is 10.4. The van der Waals surface area contributed by atoms with Crippen molar-refractivity contribution in [1.29, 1.82) is 0 Å². The van der Waals surface area contributed by atoms with Crippen molar-refractivity contribution in [3.63, 3.8) is 0 Å². The Bertz CT molecular complexity index is 1390. The van der Waals surface area contributed by atoms with Crippen LogP contribution in [0.5, 0.6) is 0 Å². The maximum Gasteiger partial charge on any atom is -0.00143 e. The van der Waals surface area contributed by atoms with Crippen LogP contribution in [0.3, 0.4) is 0 Å². The van der Waals surface area contributed by atoms with Crippen molar-refractivity contribution in [2.45, 2.75) is 0 Å². The summed E-state index contributed by atoms with van der Waals surface area (Å²) in [5, 5.41) is 19.4. The minimum Gasteiger partial charge on any atom is -0.151 e. The third kappa shape index (κ3) is 2.29. The van der Waals surface area contributed by atoms with Crippen molar-refractivity contribution in [1.82, 2.24) is 0 Å². The van der Waals surface area contributed by atoms with Gasteiger partial charge in [-0.15, -0.1) is 11.8 Å². The van der Waals surface area contributed by atoms with Gasteiger partial charge in [-0.1, -0.05) is 30.8 Å². The molecule has 5 rings (SSSR count). The van der Waals surface area contributed by atoms with Gasteiger partial charge >= 0.3 is 0 Å². The van der Waals surface area contributed by atoms with E-state index in [1.807, 2.05) is 0 Å². The minimum absolute atomic E-state index is 1.09. The number of fused-ring (bicyclic) bond motifs is 6. The van der Waals surface area contributed by atoms with Crippen LogP contribution >= 0.6 is 23.1 Å². The zero-order valence-electron chi connectivity index (χ0n) is 13.9. The van der Waals surface area contributed by atoms with E-state index in [1.54, 1.807) is 23.1 Å². The SMILES string of the molecule is C=c1cc2c(ccc3c4cc5cscc5cc4ccc23)c/c1=C/SC. The molecule has 0 aliphatic carbocycles. The predicted octanol–water partition coefficient (Wildman–Crippen LogP) is 5.87. The van der Waals surface area contributed by atoms with E-state index in [-0.39, 0.29) is 0 Å². The Labute approximate surface area is 154 Å². The average Bonchev–Trinajstić information content (AvgIpc) is 3.07. The summed E-state index contributed by atoms with van der Waals surface area (Å²) in [6.07, 6.45) is 2.08. The van der Waals surface area contributed by atoms with Crippen LogP contribution in [-0.4, -0.2) is 6.26 Å². The molecular weight excluding hydrogens is 340 g/mol. The van der Waals surface area contributed by atoms with E-state index < -0.39 is 0 Å². The highest BCUT2D eigenvalue weighted by Gasteiger charge is 2.07. The van der Waals surface area contributed by atoms with E-state index in [0.29, 0.717) is 0 Å². The maximum absolute atomic E-state index is 4.25. The van der Waals surface area contributed by atoms with Crippen LogP contribution in [0.4, 0.5) is 0 Å². The average molecular weight is 357 g/mol. The number of benzene rings is 4. The Balaban J connectivity index is 1.95. The van der Waals surface area contributed by atoms with E-state index in [1.165, 1.54) is 48.3 Å². The molecule has 0 spiro atoms. The van der Waals surface area contributed by atoms with Gasteiger partial charge in [-0.3, -0.25) is 0 Å². The molecule has 4 aromatic carbocycles. The van der Waals surface area contributed by atoms with E-state index in [9.17, 15) is 0 Å². The van der Waals surface area contributed by atoms with Crippen LogP contribution in [-0.2, 0) is 0 Å². The van der Waals surface area contributed by atoms with Crippen molar-refractivity contribution >= 4 is 78.2 Å². The van der Waals surface area contributed by atoms with Gasteiger partial charge < -0.3 is 0 Å². The molecule has 25 heavy (non-hydrogen) atoms. The zero-order valence-corrected chi connectivity index (χ0v) is 15.5. The molecule has 1 aromatic heterocycles. The van der Waals surface area contributed by atoms with Gasteiger partial charge in [0.15, 0.2) is 0 Å². The standard InChI is InChI=1S/C23H16S2/c1-14-7-22-15(8-17(14)11-24-2)3-6-21-20(22)5-4-16-9-18-12-25-13-19(18)10-23(16)21/h3-13H,1H2,2H3/b17-11-. The number of thioether (sulfide) groups is 1. The monoisotopic (exact) mass is 356 g/mol. The van der Waals surface area contributed by atoms with E-state index in [0.717, 1.165) is 5.22 Å². The van der Waals surface area contributed by atoms with Gasteiger partial charge in [0.25, 0.3) is 0 Å². The first-order chi connectivity index (χ1) is 12.2. The van der Waals surface area contributed by atoms with E-state index in [4.69, 9.17) is 0 Å². The summed E-state index contributed by atoms with van der Waals surface area (Å²) in [6.45, 7) is 4.25. The molecule has 0 unspecified atom stereocenters. The molecule has 0 amide bonds. The lowest BCUT2D eigenvalue weighted by atomic mass is 9.95. The fourth-order valence-corrected chi connectivity index (χ4v) is 4.93. The molecule has 0 N–H and O–H groups in total. The minimum atomic E-state index is 1.09. The fraction of sp³-hybridized carbons (Fsp3) is 0.0435. The Morgan fingerprint density at radius 3 is 2.12 bits per heavy atom. The fourth-order valence-electron chi connectivity index (χ4n) is 3.69. The summed E-state index contributed by atoms with van der Waals surface area (Å²) in [5.41, 5.74) is 0. The molecule has 120 valence electrons. The predicted molar refractivity (Wildman–Crippen MR) is 117 cm³/mol. The van der Waals surface area contributed by atoms with E-state index in [2.05, 4.69) is 77.5 Å². The first kappa shape index (κ1) is 15.0. The molecular formula is C23H16S2. The normalized spacial score (nSPS) is 12.8. The molecule has 0 bridgehead atoms. The van der Waals surface area contributed by atoms with Crippen molar-refractivity contribution < 1.29 is 0 Å².